The molecule has 0 spiro atoms. The molecule has 1 unspecified atom stereocenters. The molecule has 1 aliphatic heterocycles. The van der Waals surface area contributed by atoms with Crippen LogP contribution in [0.4, 0.5) is 0 Å². The molecule has 4 heteroatoms. The standard InChI is InChI=1S/C14H26BNO2/c17-15(18)6-4-12-3-5-14(10-13(14)9-12)11-16-7-1-2-8-16/h12-13,17-18H,1-11H2/t12-,13?,14+/m0/s1. The van der Waals surface area contributed by atoms with Gasteiger partial charge in [-0.05, 0) is 75.2 Å². The molecule has 0 aromatic carbocycles. The van der Waals surface area contributed by atoms with Gasteiger partial charge in [0.15, 0.2) is 0 Å². The molecule has 102 valence electrons. The van der Waals surface area contributed by atoms with Gasteiger partial charge in [0.2, 0.25) is 0 Å². The van der Waals surface area contributed by atoms with Gasteiger partial charge in [0.25, 0.3) is 0 Å². The van der Waals surface area contributed by atoms with Crippen molar-refractivity contribution >= 4 is 7.12 Å². The molecule has 3 atom stereocenters. The Kier molecular flexibility index (Phi) is 3.70. The molecule has 1 saturated heterocycles. The molecule has 3 rings (SSSR count). The summed E-state index contributed by atoms with van der Waals surface area (Å²) >= 11 is 0. The summed E-state index contributed by atoms with van der Waals surface area (Å²) in [6.45, 7) is 4.01. The van der Waals surface area contributed by atoms with E-state index >= 15 is 0 Å². The molecule has 18 heavy (non-hydrogen) atoms. The first-order chi connectivity index (χ1) is 8.68. The van der Waals surface area contributed by atoms with Crippen LogP contribution in [0.15, 0.2) is 0 Å². The Morgan fingerprint density at radius 1 is 1.22 bits per heavy atom. The Morgan fingerprint density at radius 3 is 2.67 bits per heavy atom. The molecule has 3 nitrogen and oxygen atoms in total. The Hall–Kier alpha value is -0.0551. The fourth-order valence-electron chi connectivity index (χ4n) is 4.39. The minimum Gasteiger partial charge on any atom is -0.427 e. The molecule has 1 heterocycles. The van der Waals surface area contributed by atoms with E-state index in [-0.39, 0.29) is 0 Å². The molecule has 0 aromatic heterocycles. The van der Waals surface area contributed by atoms with Crippen LogP contribution < -0.4 is 0 Å². The topological polar surface area (TPSA) is 43.7 Å². The van der Waals surface area contributed by atoms with Gasteiger partial charge in [-0.2, -0.15) is 0 Å². The maximum absolute atomic E-state index is 8.95. The second-order valence-electron chi connectivity index (χ2n) is 6.95. The van der Waals surface area contributed by atoms with Crippen molar-refractivity contribution in [2.75, 3.05) is 19.6 Å². The highest BCUT2D eigenvalue weighted by Gasteiger charge is 2.56. The van der Waals surface area contributed by atoms with Crippen molar-refractivity contribution in [1.82, 2.24) is 4.90 Å². The molecule has 0 bridgehead atoms. The lowest BCUT2D eigenvalue weighted by molar-refractivity contribution is 0.186. The minimum atomic E-state index is -1.10. The third kappa shape index (κ3) is 2.76. The Bertz CT molecular complexity index is 294. The zero-order valence-corrected chi connectivity index (χ0v) is 11.4. The number of likely N-dealkylation sites (tertiary alicyclic amines) is 1. The van der Waals surface area contributed by atoms with Gasteiger partial charge in [0.1, 0.15) is 0 Å². The molecule has 0 amide bonds. The second kappa shape index (κ2) is 5.14. The van der Waals surface area contributed by atoms with Crippen LogP contribution in [0.2, 0.25) is 6.32 Å². The predicted molar refractivity (Wildman–Crippen MR) is 73.2 cm³/mol. The van der Waals surface area contributed by atoms with Crippen LogP contribution in [0.1, 0.15) is 44.9 Å². The number of fused-ring (bicyclic) bond motifs is 1. The van der Waals surface area contributed by atoms with Gasteiger partial charge in [-0.1, -0.05) is 6.42 Å². The van der Waals surface area contributed by atoms with E-state index in [4.69, 9.17) is 10.0 Å². The maximum atomic E-state index is 8.95. The lowest BCUT2D eigenvalue weighted by Crippen LogP contribution is -2.31. The molecular formula is C14H26BNO2. The molecule has 2 aliphatic carbocycles. The Morgan fingerprint density at radius 2 is 2.00 bits per heavy atom. The first kappa shape index (κ1) is 13.0. The first-order valence-electron chi connectivity index (χ1n) is 7.76. The van der Waals surface area contributed by atoms with E-state index in [0.717, 1.165) is 18.3 Å². The van der Waals surface area contributed by atoms with Gasteiger partial charge in [-0.15, -0.1) is 0 Å². The van der Waals surface area contributed by atoms with E-state index in [9.17, 15) is 0 Å². The van der Waals surface area contributed by atoms with E-state index in [1.807, 2.05) is 0 Å². The summed E-state index contributed by atoms with van der Waals surface area (Å²) in [6, 6.07) is 0. The van der Waals surface area contributed by atoms with Crippen LogP contribution in [0, 0.1) is 17.3 Å². The number of hydrogen-bond donors (Lipinski definition) is 2. The Labute approximate surface area is 111 Å². The van der Waals surface area contributed by atoms with Crippen LogP contribution in [-0.4, -0.2) is 41.7 Å². The first-order valence-corrected chi connectivity index (χ1v) is 7.76. The quantitative estimate of drug-likeness (QED) is 0.731. The van der Waals surface area contributed by atoms with Crippen molar-refractivity contribution in [2.45, 2.75) is 51.3 Å². The van der Waals surface area contributed by atoms with Crippen molar-refractivity contribution in [3.8, 4) is 0 Å². The third-order valence-corrected chi connectivity index (χ3v) is 5.60. The van der Waals surface area contributed by atoms with E-state index < -0.39 is 7.12 Å². The lowest BCUT2D eigenvalue weighted by Gasteiger charge is -2.31. The van der Waals surface area contributed by atoms with Gasteiger partial charge in [-0.3, -0.25) is 0 Å². The van der Waals surface area contributed by atoms with Crippen LogP contribution in [-0.2, 0) is 0 Å². The van der Waals surface area contributed by atoms with E-state index in [0.29, 0.717) is 11.7 Å². The molecule has 2 N–H and O–H groups in total. The molecule has 0 radical (unpaired) electrons. The molecular weight excluding hydrogens is 225 g/mol. The fraction of sp³-hybridized carbons (Fsp3) is 1.00. The number of rotatable bonds is 5. The summed E-state index contributed by atoms with van der Waals surface area (Å²) < 4.78 is 0. The van der Waals surface area contributed by atoms with Crippen molar-refractivity contribution in [3.05, 3.63) is 0 Å². The van der Waals surface area contributed by atoms with E-state index in [2.05, 4.69) is 4.90 Å². The molecule has 3 fully saturated rings. The highest BCUT2D eigenvalue weighted by molar-refractivity contribution is 6.40. The average Bonchev–Trinajstić information content (AvgIpc) is 2.79. The van der Waals surface area contributed by atoms with Crippen molar-refractivity contribution in [3.63, 3.8) is 0 Å². The normalized spacial score (nSPS) is 39.7. The highest BCUT2D eigenvalue weighted by atomic mass is 16.4. The zero-order valence-electron chi connectivity index (χ0n) is 11.4. The SMILES string of the molecule is OB(O)CC[C@@H]1CC[C@]2(CN3CCCC3)CC2C1. The largest absolute Gasteiger partial charge is 0.451 e. The third-order valence-electron chi connectivity index (χ3n) is 5.60. The number of hydrogen-bond acceptors (Lipinski definition) is 3. The van der Waals surface area contributed by atoms with Gasteiger partial charge >= 0.3 is 7.12 Å². The monoisotopic (exact) mass is 251 g/mol. The smallest absolute Gasteiger partial charge is 0.427 e. The predicted octanol–water partition coefficient (Wildman–Crippen LogP) is 1.75. The van der Waals surface area contributed by atoms with Crippen molar-refractivity contribution in [2.24, 2.45) is 17.3 Å². The maximum Gasteiger partial charge on any atom is 0.451 e. The van der Waals surface area contributed by atoms with Crippen molar-refractivity contribution in [1.29, 1.82) is 0 Å². The van der Waals surface area contributed by atoms with Gasteiger partial charge in [0, 0.05) is 6.54 Å². The van der Waals surface area contributed by atoms with Gasteiger partial charge in [0.05, 0.1) is 0 Å². The molecule has 2 saturated carbocycles. The van der Waals surface area contributed by atoms with E-state index in [1.54, 1.807) is 0 Å². The zero-order chi connectivity index (χ0) is 12.6. The molecule has 0 aromatic rings. The molecule has 3 aliphatic rings. The van der Waals surface area contributed by atoms with Gasteiger partial charge < -0.3 is 14.9 Å². The fourth-order valence-corrected chi connectivity index (χ4v) is 4.39. The van der Waals surface area contributed by atoms with Crippen LogP contribution in [0.5, 0.6) is 0 Å². The van der Waals surface area contributed by atoms with Crippen molar-refractivity contribution < 1.29 is 10.0 Å². The summed E-state index contributed by atoms with van der Waals surface area (Å²) in [7, 11) is -1.10. The number of nitrogens with zero attached hydrogens (tertiary/aromatic N) is 1. The van der Waals surface area contributed by atoms with E-state index in [1.165, 1.54) is 58.2 Å². The van der Waals surface area contributed by atoms with Gasteiger partial charge in [-0.25, -0.2) is 0 Å². The summed E-state index contributed by atoms with van der Waals surface area (Å²) in [6.07, 6.45) is 9.87. The summed E-state index contributed by atoms with van der Waals surface area (Å²) in [5.74, 6) is 1.71. The van der Waals surface area contributed by atoms with Crippen LogP contribution in [0.3, 0.4) is 0 Å². The highest BCUT2D eigenvalue weighted by Crippen LogP contribution is 2.63. The Balaban J connectivity index is 1.44. The lowest BCUT2D eigenvalue weighted by atomic mass is 9.74. The van der Waals surface area contributed by atoms with Crippen LogP contribution >= 0.6 is 0 Å². The second-order valence-corrected chi connectivity index (χ2v) is 6.95. The summed E-state index contributed by atoms with van der Waals surface area (Å²) in [4.78, 5) is 2.68. The van der Waals surface area contributed by atoms with Crippen LogP contribution in [0.25, 0.3) is 0 Å². The summed E-state index contributed by atoms with van der Waals surface area (Å²) in [5.41, 5.74) is 0.679. The summed E-state index contributed by atoms with van der Waals surface area (Å²) in [5, 5.41) is 17.9. The average molecular weight is 251 g/mol. The minimum absolute atomic E-state index is 0.566.